The van der Waals surface area contributed by atoms with Crippen LogP contribution in [-0.4, -0.2) is 71.3 Å². The number of carbonyl (C=O) groups is 2. The van der Waals surface area contributed by atoms with Crippen LogP contribution in [0.15, 0.2) is 6.07 Å². The Balaban J connectivity index is 1.65. The first-order valence-electron chi connectivity index (χ1n) is 9.27. The van der Waals surface area contributed by atoms with Gasteiger partial charge in [0.25, 0.3) is 0 Å². The van der Waals surface area contributed by atoms with Gasteiger partial charge in [0.15, 0.2) is 0 Å². The van der Waals surface area contributed by atoms with E-state index in [4.69, 9.17) is 10.5 Å². The van der Waals surface area contributed by atoms with Crippen molar-refractivity contribution >= 4 is 17.6 Å². The molecule has 2 aliphatic heterocycles. The van der Waals surface area contributed by atoms with Gasteiger partial charge in [0, 0.05) is 51.2 Å². The summed E-state index contributed by atoms with van der Waals surface area (Å²) in [5, 5.41) is 4.28. The zero-order chi connectivity index (χ0) is 18.7. The number of likely N-dealkylation sites (tertiary alicyclic amines) is 2. The van der Waals surface area contributed by atoms with E-state index < -0.39 is 0 Å². The molecule has 2 fully saturated rings. The van der Waals surface area contributed by atoms with Crippen molar-refractivity contribution in [3.05, 3.63) is 11.8 Å². The lowest BCUT2D eigenvalue weighted by Gasteiger charge is -2.48. The summed E-state index contributed by atoms with van der Waals surface area (Å²) in [6.45, 7) is 5.36. The topological polar surface area (TPSA) is 93.7 Å². The summed E-state index contributed by atoms with van der Waals surface area (Å²) >= 11 is 0. The van der Waals surface area contributed by atoms with Crippen molar-refractivity contribution in [3.63, 3.8) is 0 Å². The van der Waals surface area contributed by atoms with Crippen molar-refractivity contribution in [1.29, 1.82) is 0 Å². The van der Waals surface area contributed by atoms with E-state index in [1.165, 1.54) is 0 Å². The number of methoxy groups -OCH3 is 1. The van der Waals surface area contributed by atoms with Crippen LogP contribution in [0.3, 0.4) is 0 Å². The summed E-state index contributed by atoms with van der Waals surface area (Å²) in [6.07, 6.45) is 3.42. The normalized spacial score (nSPS) is 23.7. The van der Waals surface area contributed by atoms with E-state index in [2.05, 4.69) is 5.10 Å². The number of nitrogens with zero attached hydrogens (tertiary/aromatic N) is 4. The largest absolute Gasteiger partial charge is 0.384 e. The number of aromatic nitrogens is 2. The van der Waals surface area contributed by atoms with E-state index in [0.717, 1.165) is 31.5 Å². The lowest BCUT2D eigenvalue weighted by Crippen LogP contribution is -2.55. The lowest BCUT2D eigenvalue weighted by atomic mass is 9.73. The second kappa shape index (κ2) is 7.65. The van der Waals surface area contributed by atoms with E-state index in [1.54, 1.807) is 17.9 Å². The molecule has 1 spiro atoms. The molecule has 3 rings (SSSR count). The second-order valence-electron chi connectivity index (χ2n) is 7.60. The maximum absolute atomic E-state index is 12.8. The average Bonchev–Trinajstić information content (AvgIpc) is 2.93. The Hall–Kier alpha value is -2.09. The molecule has 1 atom stereocenters. The molecule has 2 aliphatic rings. The average molecular weight is 363 g/mol. The Morgan fingerprint density at radius 2 is 2.19 bits per heavy atom. The molecule has 2 amide bonds. The van der Waals surface area contributed by atoms with Crippen LogP contribution < -0.4 is 5.73 Å². The molecule has 0 aromatic carbocycles. The van der Waals surface area contributed by atoms with E-state index in [-0.39, 0.29) is 23.8 Å². The van der Waals surface area contributed by atoms with E-state index in [1.807, 2.05) is 16.7 Å². The summed E-state index contributed by atoms with van der Waals surface area (Å²) in [4.78, 5) is 28.8. The molecule has 3 heterocycles. The molecule has 0 unspecified atom stereocenters. The zero-order valence-corrected chi connectivity index (χ0v) is 15.7. The van der Waals surface area contributed by atoms with Crippen molar-refractivity contribution in [2.24, 2.45) is 5.41 Å². The number of carbonyl (C=O) groups excluding carboxylic acids is 2. The predicted molar refractivity (Wildman–Crippen MR) is 97.3 cm³/mol. The fraction of sp³-hybridized carbons (Fsp3) is 0.722. The van der Waals surface area contributed by atoms with Gasteiger partial charge in [-0.3, -0.25) is 9.59 Å². The maximum atomic E-state index is 12.8. The van der Waals surface area contributed by atoms with Crippen molar-refractivity contribution < 1.29 is 14.3 Å². The van der Waals surface area contributed by atoms with Crippen LogP contribution in [0.5, 0.6) is 0 Å². The molecule has 2 saturated heterocycles. The molecule has 2 N–H and O–H groups in total. The van der Waals surface area contributed by atoms with E-state index in [0.29, 0.717) is 38.5 Å². The number of hydrogen-bond donors (Lipinski definition) is 1. The van der Waals surface area contributed by atoms with Gasteiger partial charge in [-0.05, 0) is 26.2 Å². The summed E-state index contributed by atoms with van der Waals surface area (Å²) in [5.41, 5.74) is 6.72. The first-order chi connectivity index (χ1) is 12.4. The SMILES string of the molecule is COCCN1C[C@]2(CCCN(C(=O)Cn3nc(C)cc3N)C2)CCC1=O. The number of anilines is 1. The van der Waals surface area contributed by atoms with Crippen LogP contribution in [0.2, 0.25) is 0 Å². The van der Waals surface area contributed by atoms with Crippen LogP contribution in [0.1, 0.15) is 31.4 Å². The third kappa shape index (κ3) is 4.00. The molecular formula is C18H29N5O3. The highest BCUT2D eigenvalue weighted by molar-refractivity contribution is 5.78. The summed E-state index contributed by atoms with van der Waals surface area (Å²) in [6, 6.07) is 1.77. The Labute approximate surface area is 154 Å². The highest BCUT2D eigenvalue weighted by atomic mass is 16.5. The smallest absolute Gasteiger partial charge is 0.244 e. The highest BCUT2D eigenvalue weighted by Crippen LogP contribution is 2.38. The van der Waals surface area contributed by atoms with Crippen LogP contribution in [-0.2, 0) is 20.9 Å². The third-order valence-electron chi connectivity index (χ3n) is 5.55. The monoisotopic (exact) mass is 363 g/mol. The molecular weight excluding hydrogens is 334 g/mol. The zero-order valence-electron chi connectivity index (χ0n) is 15.7. The Morgan fingerprint density at radius 3 is 2.88 bits per heavy atom. The number of ether oxygens (including phenoxy) is 1. The van der Waals surface area contributed by atoms with Gasteiger partial charge in [-0.1, -0.05) is 0 Å². The summed E-state index contributed by atoms with van der Waals surface area (Å²) < 4.78 is 6.69. The number of amides is 2. The van der Waals surface area contributed by atoms with Crippen LogP contribution in [0, 0.1) is 12.3 Å². The molecule has 8 heteroatoms. The minimum absolute atomic E-state index is 0.00113. The van der Waals surface area contributed by atoms with Gasteiger partial charge >= 0.3 is 0 Å². The number of piperidine rings is 2. The highest BCUT2D eigenvalue weighted by Gasteiger charge is 2.42. The summed E-state index contributed by atoms with van der Waals surface area (Å²) in [7, 11) is 1.65. The van der Waals surface area contributed by atoms with Crippen LogP contribution in [0.25, 0.3) is 0 Å². The Bertz CT molecular complexity index is 674. The van der Waals surface area contributed by atoms with Crippen molar-refractivity contribution in [1.82, 2.24) is 19.6 Å². The molecule has 1 aromatic heterocycles. The van der Waals surface area contributed by atoms with Crippen molar-refractivity contribution in [2.45, 2.75) is 39.2 Å². The van der Waals surface area contributed by atoms with Crippen LogP contribution in [0.4, 0.5) is 5.82 Å². The molecule has 26 heavy (non-hydrogen) atoms. The van der Waals surface area contributed by atoms with Gasteiger partial charge in [0.1, 0.15) is 12.4 Å². The van der Waals surface area contributed by atoms with Crippen molar-refractivity contribution in [2.75, 3.05) is 45.6 Å². The van der Waals surface area contributed by atoms with Gasteiger partial charge < -0.3 is 20.3 Å². The summed E-state index contributed by atoms with van der Waals surface area (Å²) in [5.74, 6) is 0.742. The van der Waals surface area contributed by atoms with E-state index in [9.17, 15) is 9.59 Å². The Morgan fingerprint density at radius 1 is 1.38 bits per heavy atom. The van der Waals surface area contributed by atoms with Crippen LogP contribution >= 0.6 is 0 Å². The van der Waals surface area contributed by atoms with Gasteiger partial charge in [0.2, 0.25) is 11.8 Å². The number of nitrogens with two attached hydrogens (primary N) is 1. The van der Waals surface area contributed by atoms with Gasteiger partial charge in [-0.25, -0.2) is 4.68 Å². The minimum Gasteiger partial charge on any atom is -0.384 e. The van der Waals surface area contributed by atoms with Gasteiger partial charge in [0.05, 0.1) is 12.3 Å². The molecule has 0 bridgehead atoms. The lowest BCUT2D eigenvalue weighted by molar-refractivity contribution is -0.144. The molecule has 0 radical (unpaired) electrons. The number of nitrogen functional groups attached to an aromatic ring is 1. The maximum Gasteiger partial charge on any atom is 0.244 e. The van der Waals surface area contributed by atoms with Gasteiger partial charge in [-0.15, -0.1) is 0 Å². The molecule has 144 valence electrons. The Kier molecular flexibility index (Phi) is 5.50. The third-order valence-corrected chi connectivity index (χ3v) is 5.55. The predicted octanol–water partition coefficient (Wildman–Crippen LogP) is 0.651. The first kappa shape index (κ1) is 18.7. The van der Waals surface area contributed by atoms with Gasteiger partial charge in [-0.2, -0.15) is 5.10 Å². The second-order valence-corrected chi connectivity index (χ2v) is 7.60. The number of aryl methyl sites for hydroxylation is 1. The standard InChI is InChI=1S/C18H29N5O3/c1-14-10-15(19)23(20-14)11-17(25)21-7-3-5-18(12-21)6-4-16(24)22(13-18)8-9-26-2/h10H,3-9,11-13,19H2,1-2H3/t18-/m1/s1. The number of rotatable bonds is 5. The molecule has 0 saturated carbocycles. The quantitative estimate of drug-likeness (QED) is 0.829. The first-order valence-corrected chi connectivity index (χ1v) is 9.27. The molecule has 0 aliphatic carbocycles. The van der Waals surface area contributed by atoms with Crippen molar-refractivity contribution in [3.8, 4) is 0 Å². The van der Waals surface area contributed by atoms with E-state index >= 15 is 0 Å². The minimum atomic E-state index is 0.00113. The fourth-order valence-electron chi connectivity index (χ4n) is 4.18. The fourth-order valence-corrected chi connectivity index (χ4v) is 4.18. The number of hydrogen-bond acceptors (Lipinski definition) is 5. The molecule has 1 aromatic rings. The molecule has 8 nitrogen and oxygen atoms in total.